The number of amides is 2. The third-order valence-corrected chi connectivity index (χ3v) is 3.30. The first-order valence-electron chi connectivity index (χ1n) is 6.72. The summed E-state index contributed by atoms with van der Waals surface area (Å²) in [6.45, 7) is 0.1000. The number of hydrogen-bond acceptors (Lipinski definition) is 4. The summed E-state index contributed by atoms with van der Waals surface area (Å²) in [4.78, 5) is 23.3. The van der Waals surface area contributed by atoms with E-state index in [2.05, 4.69) is 10.6 Å². The van der Waals surface area contributed by atoms with Gasteiger partial charge in [-0.15, -0.1) is 0 Å². The summed E-state index contributed by atoms with van der Waals surface area (Å²) in [5, 5.41) is 14.3. The lowest BCUT2D eigenvalue weighted by atomic mass is 10.1. The molecule has 0 aliphatic heterocycles. The van der Waals surface area contributed by atoms with Crippen LogP contribution in [0.25, 0.3) is 0 Å². The van der Waals surface area contributed by atoms with Gasteiger partial charge >= 0.3 is 11.8 Å². The minimum Gasteiger partial charge on any atom is -0.472 e. The Kier molecular flexibility index (Phi) is 5.72. The molecule has 0 radical (unpaired) electrons. The van der Waals surface area contributed by atoms with Crippen molar-refractivity contribution in [2.75, 3.05) is 11.9 Å². The molecule has 1 aromatic heterocycles. The molecule has 2 aromatic rings. The molecule has 6 nitrogen and oxygen atoms in total. The Morgan fingerprint density at radius 1 is 1.30 bits per heavy atom. The summed E-state index contributed by atoms with van der Waals surface area (Å²) < 4.78 is 17.8. The van der Waals surface area contributed by atoms with Gasteiger partial charge in [-0.1, -0.05) is 11.6 Å². The van der Waals surface area contributed by atoms with Crippen molar-refractivity contribution >= 4 is 29.1 Å². The Hall–Kier alpha value is -2.38. The predicted molar refractivity (Wildman–Crippen MR) is 81.3 cm³/mol. The first kappa shape index (κ1) is 17.0. The van der Waals surface area contributed by atoms with E-state index in [1.165, 1.54) is 24.7 Å². The highest BCUT2D eigenvalue weighted by Gasteiger charge is 2.15. The second-order valence-corrected chi connectivity index (χ2v) is 5.11. The number of rotatable bonds is 5. The van der Waals surface area contributed by atoms with Crippen molar-refractivity contribution < 1.29 is 23.5 Å². The van der Waals surface area contributed by atoms with Crippen molar-refractivity contribution in [1.82, 2.24) is 5.32 Å². The third-order valence-electron chi connectivity index (χ3n) is 3.01. The maximum absolute atomic E-state index is 13.0. The quantitative estimate of drug-likeness (QED) is 0.728. The molecule has 0 saturated heterocycles. The highest BCUT2D eigenvalue weighted by molar-refractivity contribution is 6.39. The number of nitrogens with one attached hydrogen (secondary N) is 2. The van der Waals surface area contributed by atoms with E-state index in [0.717, 1.165) is 6.07 Å². The first-order valence-corrected chi connectivity index (χ1v) is 7.09. The van der Waals surface area contributed by atoms with E-state index < -0.39 is 23.7 Å². The van der Waals surface area contributed by atoms with Gasteiger partial charge in [-0.3, -0.25) is 9.59 Å². The minimum absolute atomic E-state index is 0.1000. The first-order chi connectivity index (χ1) is 11.0. The molecule has 2 rings (SSSR count). The topological polar surface area (TPSA) is 91.6 Å². The van der Waals surface area contributed by atoms with Crippen LogP contribution >= 0.6 is 11.6 Å². The molecule has 0 aliphatic carbocycles. The number of carbonyl (C=O) groups is 2. The van der Waals surface area contributed by atoms with Crippen molar-refractivity contribution in [2.45, 2.75) is 12.5 Å². The SMILES string of the molecule is O=C(NCC[C@@H](O)c1ccoc1)C(=O)Nc1ccc(F)c(Cl)c1. The van der Waals surface area contributed by atoms with Gasteiger partial charge in [-0.05, 0) is 30.7 Å². The van der Waals surface area contributed by atoms with Crippen molar-refractivity contribution in [3.8, 4) is 0 Å². The average Bonchev–Trinajstić information content (AvgIpc) is 3.05. The summed E-state index contributed by atoms with van der Waals surface area (Å²) in [7, 11) is 0. The van der Waals surface area contributed by atoms with Crippen molar-refractivity contribution in [3.05, 3.63) is 53.2 Å². The molecule has 0 fully saturated rings. The second-order valence-electron chi connectivity index (χ2n) is 4.70. The standard InChI is InChI=1S/C15H14ClFN2O4/c16-11-7-10(1-2-12(11)17)19-15(22)14(21)18-5-3-13(20)9-4-6-23-8-9/h1-2,4,6-8,13,20H,3,5H2,(H,18,21)(H,19,22)/t13-/m1/s1. The average molecular weight is 341 g/mol. The van der Waals surface area contributed by atoms with Gasteiger partial charge in [-0.2, -0.15) is 0 Å². The smallest absolute Gasteiger partial charge is 0.313 e. The number of carbonyl (C=O) groups excluding carboxylic acids is 2. The van der Waals surface area contributed by atoms with Crippen LogP contribution in [0.4, 0.5) is 10.1 Å². The number of hydrogen-bond donors (Lipinski definition) is 3. The number of aliphatic hydroxyl groups excluding tert-OH is 1. The third kappa shape index (κ3) is 4.80. The highest BCUT2D eigenvalue weighted by Crippen LogP contribution is 2.19. The maximum atomic E-state index is 13.0. The van der Waals surface area contributed by atoms with Gasteiger partial charge < -0.3 is 20.2 Å². The lowest BCUT2D eigenvalue weighted by Crippen LogP contribution is -2.36. The van der Waals surface area contributed by atoms with Gasteiger partial charge in [0.15, 0.2) is 0 Å². The molecule has 3 N–H and O–H groups in total. The molecule has 0 bridgehead atoms. The normalized spacial score (nSPS) is 11.8. The van der Waals surface area contributed by atoms with Crippen LogP contribution in [0.3, 0.4) is 0 Å². The van der Waals surface area contributed by atoms with Crippen molar-refractivity contribution in [3.63, 3.8) is 0 Å². The van der Waals surface area contributed by atoms with E-state index >= 15 is 0 Å². The van der Waals surface area contributed by atoms with E-state index in [-0.39, 0.29) is 23.7 Å². The molecule has 1 atom stereocenters. The molecule has 122 valence electrons. The fraction of sp³-hybridized carbons (Fsp3) is 0.200. The van der Waals surface area contributed by atoms with Crippen LogP contribution in [0.5, 0.6) is 0 Å². The van der Waals surface area contributed by atoms with Crippen LogP contribution in [-0.2, 0) is 9.59 Å². The Bertz CT molecular complexity index is 691. The zero-order valence-electron chi connectivity index (χ0n) is 11.9. The van der Waals surface area contributed by atoms with Crippen LogP contribution < -0.4 is 10.6 Å². The molecule has 1 heterocycles. The number of anilines is 1. The molecule has 0 unspecified atom stereocenters. The van der Waals surface area contributed by atoms with Crippen molar-refractivity contribution in [2.24, 2.45) is 0 Å². The van der Waals surface area contributed by atoms with E-state index in [1.807, 2.05) is 0 Å². The molecule has 0 spiro atoms. The fourth-order valence-electron chi connectivity index (χ4n) is 1.80. The number of aliphatic hydroxyl groups is 1. The number of furan rings is 1. The monoisotopic (exact) mass is 340 g/mol. The molecule has 23 heavy (non-hydrogen) atoms. The summed E-state index contributed by atoms with van der Waals surface area (Å²) >= 11 is 5.58. The summed E-state index contributed by atoms with van der Waals surface area (Å²) in [5.41, 5.74) is 0.791. The number of halogens is 2. The molecule has 1 aromatic carbocycles. The van der Waals surface area contributed by atoms with Crippen LogP contribution in [0.2, 0.25) is 5.02 Å². The van der Waals surface area contributed by atoms with Crippen LogP contribution in [-0.4, -0.2) is 23.5 Å². The van der Waals surface area contributed by atoms with Crippen LogP contribution in [0.15, 0.2) is 41.2 Å². The number of benzene rings is 1. The summed E-state index contributed by atoms with van der Waals surface area (Å²) in [6.07, 6.45) is 2.25. The molecule has 0 aliphatic rings. The molecule has 2 amide bonds. The van der Waals surface area contributed by atoms with Gasteiger partial charge in [0, 0.05) is 17.8 Å². The Morgan fingerprint density at radius 2 is 2.09 bits per heavy atom. The van der Waals surface area contributed by atoms with E-state index in [9.17, 15) is 19.1 Å². The fourth-order valence-corrected chi connectivity index (χ4v) is 1.98. The largest absolute Gasteiger partial charge is 0.472 e. The Balaban J connectivity index is 1.78. The predicted octanol–water partition coefficient (Wildman–Crippen LogP) is 2.25. The lowest BCUT2D eigenvalue weighted by molar-refractivity contribution is -0.136. The van der Waals surface area contributed by atoms with Gasteiger partial charge in [-0.25, -0.2) is 4.39 Å². The zero-order valence-corrected chi connectivity index (χ0v) is 12.6. The molecular weight excluding hydrogens is 327 g/mol. The molecule has 8 heteroatoms. The summed E-state index contributed by atoms with van der Waals surface area (Å²) in [6, 6.07) is 5.17. The van der Waals surface area contributed by atoms with Gasteiger partial charge in [0.25, 0.3) is 0 Å². The van der Waals surface area contributed by atoms with Crippen molar-refractivity contribution in [1.29, 1.82) is 0 Å². The maximum Gasteiger partial charge on any atom is 0.313 e. The molecule has 0 saturated carbocycles. The minimum atomic E-state index is -0.912. The van der Waals surface area contributed by atoms with Gasteiger partial charge in [0.2, 0.25) is 0 Å². The zero-order chi connectivity index (χ0) is 16.8. The van der Waals surface area contributed by atoms with Crippen LogP contribution in [0.1, 0.15) is 18.1 Å². The van der Waals surface area contributed by atoms with Crippen LogP contribution in [0, 0.1) is 5.82 Å². The second kappa shape index (κ2) is 7.75. The van der Waals surface area contributed by atoms with Gasteiger partial charge in [0.05, 0.1) is 23.7 Å². The lowest BCUT2D eigenvalue weighted by Gasteiger charge is -2.10. The van der Waals surface area contributed by atoms with E-state index in [1.54, 1.807) is 6.07 Å². The van der Waals surface area contributed by atoms with E-state index in [0.29, 0.717) is 5.56 Å². The molecular formula is C15H14ClFN2O4. The summed E-state index contributed by atoms with van der Waals surface area (Å²) in [5.74, 6) is -2.40. The Labute approximate surface area is 136 Å². The highest BCUT2D eigenvalue weighted by atomic mass is 35.5. The Morgan fingerprint density at radius 3 is 2.74 bits per heavy atom. The van der Waals surface area contributed by atoms with E-state index in [4.69, 9.17) is 16.0 Å². The van der Waals surface area contributed by atoms with Gasteiger partial charge in [0.1, 0.15) is 5.82 Å².